The third kappa shape index (κ3) is 4.30. The Hall–Kier alpha value is -1.37. The summed E-state index contributed by atoms with van der Waals surface area (Å²) in [6.07, 6.45) is 3.97. The van der Waals surface area contributed by atoms with Crippen molar-refractivity contribution >= 4 is 0 Å². The van der Waals surface area contributed by atoms with E-state index in [4.69, 9.17) is 4.74 Å². The first-order chi connectivity index (χ1) is 10.0. The van der Waals surface area contributed by atoms with Gasteiger partial charge in [-0.2, -0.15) is 5.26 Å². The molecule has 1 aromatic carbocycles. The topological polar surface area (TPSA) is 45.0 Å². The number of nitrogens with one attached hydrogen (secondary N) is 1. The highest BCUT2D eigenvalue weighted by Crippen LogP contribution is 2.31. The van der Waals surface area contributed by atoms with Crippen LogP contribution in [0.25, 0.3) is 0 Å². The van der Waals surface area contributed by atoms with E-state index in [1.807, 2.05) is 30.3 Å². The SMILES string of the molecule is CCC(C)(C)OCCC(C#N)(NC1CC1)c1ccccc1. The highest BCUT2D eigenvalue weighted by atomic mass is 16.5. The lowest BCUT2D eigenvalue weighted by atomic mass is 9.88. The lowest BCUT2D eigenvalue weighted by molar-refractivity contribution is -0.0270. The average molecular weight is 286 g/mol. The maximum Gasteiger partial charge on any atom is 0.134 e. The van der Waals surface area contributed by atoms with Gasteiger partial charge in [-0.05, 0) is 38.7 Å². The van der Waals surface area contributed by atoms with Gasteiger partial charge in [0, 0.05) is 12.5 Å². The van der Waals surface area contributed by atoms with Crippen molar-refractivity contribution in [3.05, 3.63) is 35.9 Å². The fraction of sp³-hybridized carbons (Fsp3) is 0.611. The van der Waals surface area contributed by atoms with Crippen molar-refractivity contribution in [1.29, 1.82) is 5.26 Å². The Morgan fingerprint density at radius 1 is 1.29 bits per heavy atom. The van der Waals surface area contributed by atoms with Crippen molar-refractivity contribution in [2.75, 3.05) is 6.61 Å². The Labute approximate surface area is 128 Å². The van der Waals surface area contributed by atoms with E-state index in [0.29, 0.717) is 19.1 Å². The van der Waals surface area contributed by atoms with Gasteiger partial charge in [0.25, 0.3) is 0 Å². The molecule has 0 radical (unpaired) electrons. The first kappa shape index (κ1) is 16.0. The number of ether oxygens (including phenoxy) is 1. The van der Waals surface area contributed by atoms with Gasteiger partial charge in [0.15, 0.2) is 0 Å². The molecule has 114 valence electrons. The second-order valence-corrected chi connectivity index (χ2v) is 6.51. The van der Waals surface area contributed by atoms with E-state index in [9.17, 15) is 5.26 Å². The Balaban J connectivity index is 2.10. The van der Waals surface area contributed by atoms with E-state index in [1.54, 1.807) is 0 Å². The zero-order chi connectivity index (χ0) is 15.3. The number of nitriles is 1. The van der Waals surface area contributed by atoms with Crippen LogP contribution >= 0.6 is 0 Å². The fourth-order valence-corrected chi connectivity index (χ4v) is 2.33. The summed E-state index contributed by atoms with van der Waals surface area (Å²) in [6, 6.07) is 13.0. The van der Waals surface area contributed by atoms with Gasteiger partial charge < -0.3 is 4.74 Å². The molecule has 1 aliphatic carbocycles. The highest BCUT2D eigenvalue weighted by Gasteiger charge is 2.38. The lowest BCUT2D eigenvalue weighted by Gasteiger charge is -2.31. The maximum absolute atomic E-state index is 9.83. The largest absolute Gasteiger partial charge is 0.375 e. The second-order valence-electron chi connectivity index (χ2n) is 6.51. The predicted molar refractivity (Wildman–Crippen MR) is 84.8 cm³/mol. The average Bonchev–Trinajstić information content (AvgIpc) is 3.31. The van der Waals surface area contributed by atoms with Gasteiger partial charge in [0.05, 0.1) is 18.3 Å². The van der Waals surface area contributed by atoms with Crippen LogP contribution in [0.5, 0.6) is 0 Å². The molecule has 1 N–H and O–H groups in total. The van der Waals surface area contributed by atoms with Gasteiger partial charge in [-0.15, -0.1) is 0 Å². The van der Waals surface area contributed by atoms with E-state index in [-0.39, 0.29) is 5.60 Å². The molecule has 21 heavy (non-hydrogen) atoms. The van der Waals surface area contributed by atoms with Crippen LogP contribution in [-0.4, -0.2) is 18.2 Å². The van der Waals surface area contributed by atoms with Gasteiger partial charge in [-0.1, -0.05) is 37.3 Å². The first-order valence-electron chi connectivity index (χ1n) is 7.90. The van der Waals surface area contributed by atoms with Crippen molar-refractivity contribution < 1.29 is 4.74 Å². The van der Waals surface area contributed by atoms with Crippen molar-refractivity contribution in [1.82, 2.24) is 5.32 Å². The minimum Gasteiger partial charge on any atom is -0.375 e. The van der Waals surface area contributed by atoms with E-state index in [2.05, 4.69) is 32.2 Å². The molecule has 0 amide bonds. The van der Waals surface area contributed by atoms with Gasteiger partial charge in [0.1, 0.15) is 5.54 Å². The predicted octanol–water partition coefficient (Wildman–Crippen LogP) is 3.75. The molecule has 1 aromatic rings. The molecular weight excluding hydrogens is 260 g/mol. The number of hydrogen-bond donors (Lipinski definition) is 1. The molecule has 3 heteroatoms. The third-order valence-electron chi connectivity index (χ3n) is 4.31. The van der Waals surface area contributed by atoms with E-state index in [1.165, 1.54) is 0 Å². The van der Waals surface area contributed by atoms with E-state index < -0.39 is 5.54 Å². The number of rotatable bonds is 8. The molecular formula is C18H26N2O. The second kappa shape index (κ2) is 6.60. The molecule has 0 heterocycles. The molecule has 2 rings (SSSR count). The summed E-state index contributed by atoms with van der Waals surface area (Å²) in [4.78, 5) is 0. The summed E-state index contributed by atoms with van der Waals surface area (Å²) in [7, 11) is 0. The van der Waals surface area contributed by atoms with Gasteiger partial charge in [-0.25, -0.2) is 0 Å². The van der Waals surface area contributed by atoms with Crippen LogP contribution in [0.4, 0.5) is 0 Å². The molecule has 3 nitrogen and oxygen atoms in total. The van der Waals surface area contributed by atoms with Crippen molar-refractivity contribution in [2.24, 2.45) is 0 Å². The molecule has 1 fully saturated rings. The van der Waals surface area contributed by atoms with Crippen LogP contribution < -0.4 is 5.32 Å². The van der Waals surface area contributed by atoms with Crippen LogP contribution in [0.1, 0.15) is 52.0 Å². The third-order valence-corrected chi connectivity index (χ3v) is 4.31. The maximum atomic E-state index is 9.83. The van der Waals surface area contributed by atoms with Crippen LogP contribution in [0.3, 0.4) is 0 Å². The number of nitrogens with zero attached hydrogens (tertiary/aromatic N) is 1. The Morgan fingerprint density at radius 2 is 1.95 bits per heavy atom. The summed E-state index contributed by atoms with van der Waals surface area (Å²) < 4.78 is 5.97. The van der Waals surface area contributed by atoms with Crippen LogP contribution in [0.2, 0.25) is 0 Å². The van der Waals surface area contributed by atoms with Crippen LogP contribution in [0.15, 0.2) is 30.3 Å². The lowest BCUT2D eigenvalue weighted by Crippen LogP contribution is -2.44. The van der Waals surface area contributed by atoms with Gasteiger partial charge >= 0.3 is 0 Å². The standard InChI is InChI=1S/C18H26N2O/c1-4-17(2,3)21-13-12-18(14-19,20-16-10-11-16)15-8-6-5-7-9-15/h5-9,16,20H,4,10-13H2,1-3H3. The molecule has 0 aromatic heterocycles. The van der Waals surface area contributed by atoms with Crippen LogP contribution in [0, 0.1) is 11.3 Å². The summed E-state index contributed by atoms with van der Waals surface area (Å²) in [5, 5.41) is 13.4. The summed E-state index contributed by atoms with van der Waals surface area (Å²) in [6.45, 7) is 6.90. The Bertz CT molecular complexity index is 488. The molecule has 1 aliphatic rings. The highest BCUT2D eigenvalue weighted by molar-refractivity contribution is 5.32. The number of benzene rings is 1. The molecule has 0 bridgehead atoms. The normalized spacial score (nSPS) is 18.0. The zero-order valence-corrected chi connectivity index (χ0v) is 13.4. The molecule has 1 atom stereocenters. The zero-order valence-electron chi connectivity index (χ0n) is 13.4. The minimum atomic E-state index is -0.633. The van der Waals surface area contributed by atoms with Crippen molar-refractivity contribution in [2.45, 2.75) is 63.6 Å². The summed E-state index contributed by atoms with van der Waals surface area (Å²) >= 11 is 0. The van der Waals surface area contributed by atoms with E-state index >= 15 is 0 Å². The molecule has 0 aliphatic heterocycles. The molecule has 0 spiro atoms. The smallest absolute Gasteiger partial charge is 0.134 e. The fourth-order valence-electron chi connectivity index (χ4n) is 2.33. The quantitative estimate of drug-likeness (QED) is 0.791. The number of hydrogen-bond acceptors (Lipinski definition) is 3. The summed E-state index contributed by atoms with van der Waals surface area (Å²) in [5.74, 6) is 0. The molecule has 0 saturated heterocycles. The van der Waals surface area contributed by atoms with Crippen LogP contribution in [-0.2, 0) is 10.3 Å². The Kier molecular flexibility index (Phi) is 5.03. The van der Waals surface area contributed by atoms with Crippen molar-refractivity contribution in [3.63, 3.8) is 0 Å². The summed E-state index contributed by atoms with van der Waals surface area (Å²) in [5.41, 5.74) is 0.279. The van der Waals surface area contributed by atoms with E-state index in [0.717, 1.165) is 24.8 Å². The Morgan fingerprint density at radius 3 is 2.48 bits per heavy atom. The minimum absolute atomic E-state index is 0.128. The molecule has 1 unspecified atom stereocenters. The molecule has 1 saturated carbocycles. The monoisotopic (exact) mass is 286 g/mol. The first-order valence-corrected chi connectivity index (χ1v) is 7.90. The van der Waals surface area contributed by atoms with Crippen molar-refractivity contribution in [3.8, 4) is 6.07 Å². The van der Waals surface area contributed by atoms with Gasteiger partial charge in [0.2, 0.25) is 0 Å². The van der Waals surface area contributed by atoms with Gasteiger partial charge in [-0.3, -0.25) is 5.32 Å².